The quantitative estimate of drug-likeness (QED) is 0.593. The molecule has 0 N–H and O–H groups in total. The van der Waals surface area contributed by atoms with Gasteiger partial charge in [-0.3, -0.25) is 0 Å². The first-order valence-corrected chi connectivity index (χ1v) is 4.71. The molecular weight excluding hydrogens is 318 g/mol. The normalized spacial score (nSPS) is 15.9. The van der Waals surface area contributed by atoms with Gasteiger partial charge in [-0.25, -0.2) is 0 Å². The SMILES string of the molecule is O=S(=O)(OC(F)(F)C(F)(F)F)C(F)(F)C(F)(F)F. The third-order valence-corrected chi connectivity index (χ3v) is 2.48. The van der Waals surface area contributed by atoms with Gasteiger partial charge >= 0.3 is 33.8 Å². The molecule has 0 aromatic heterocycles. The van der Waals surface area contributed by atoms with E-state index in [-0.39, 0.29) is 0 Å². The van der Waals surface area contributed by atoms with Crippen molar-refractivity contribution in [3.05, 3.63) is 0 Å². The van der Waals surface area contributed by atoms with Gasteiger partial charge in [0.15, 0.2) is 0 Å². The van der Waals surface area contributed by atoms with Crippen LogP contribution >= 0.6 is 0 Å². The minimum atomic E-state index is -7.59. The Bertz CT molecular complexity index is 402. The van der Waals surface area contributed by atoms with E-state index in [1.165, 1.54) is 0 Å². The van der Waals surface area contributed by atoms with Gasteiger partial charge in [-0.2, -0.15) is 56.5 Å². The lowest BCUT2D eigenvalue weighted by Gasteiger charge is -2.23. The van der Waals surface area contributed by atoms with E-state index in [4.69, 9.17) is 0 Å². The van der Waals surface area contributed by atoms with E-state index in [0.29, 0.717) is 0 Å². The lowest BCUT2D eigenvalue weighted by atomic mass is 10.6. The molecule has 0 aromatic rings. The molecule has 14 heteroatoms. The van der Waals surface area contributed by atoms with Crippen molar-refractivity contribution in [2.24, 2.45) is 0 Å². The molecule has 0 aliphatic rings. The Balaban J connectivity index is 5.49. The zero-order valence-corrected chi connectivity index (χ0v) is 8.23. The van der Waals surface area contributed by atoms with Gasteiger partial charge in [0.25, 0.3) is 0 Å². The second kappa shape index (κ2) is 4.11. The van der Waals surface area contributed by atoms with E-state index in [2.05, 4.69) is 0 Å². The fraction of sp³-hybridized carbons (Fsp3) is 1.00. The lowest BCUT2D eigenvalue weighted by Crippen LogP contribution is -2.50. The molecule has 0 radical (unpaired) electrons. The van der Waals surface area contributed by atoms with Crippen molar-refractivity contribution < 1.29 is 56.5 Å². The first kappa shape index (κ1) is 17.2. The minimum absolute atomic E-state index is 1.62. The fourth-order valence-corrected chi connectivity index (χ4v) is 1.14. The molecule has 0 rings (SSSR count). The van der Waals surface area contributed by atoms with Gasteiger partial charge in [0, 0.05) is 0 Å². The van der Waals surface area contributed by atoms with Crippen LogP contribution in [0.2, 0.25) is 0 Å². The molecule has 0 aliphatic carbocycles. The summed E-state index contributed by atoms with van der Waals surface area (Å²) in [6.45, 7) is 0. The Labute approximate surface area is 91.4 Å². The van der Waals surface area contributed by atoms with Crippen molar-refractivity contribution in [2.75, 3.05) is 0 Å². The second-order valence-corrected chi connectivity index (χ2v) is 4.15. The maximum Gasteiger partial charge on any atom is 0.484 e. The van der Waals surface area contributed by atoms with Gasteiger partial charge in [0.2, 0.25) is 0 Å². The molecule has 0 fully saturated rings. The molecule has 0 aromatic carbocycles. The molecule has 0 spiro atoms. The first-order chi connectivity index (χ1) is 7.46. The van der Waals surface area contributed by atoms with Crippen molar-refractivity contribution >= 4 is 10.1 Å². The number of alkyl halides is 10. The first-order valence-electron chi connectivity index (χ1n) is 3.30. The van der Waals surface area contributed by atoms with E-state index < -0.39 is 33.8 Å². The standard InChI is InChI=1S/C4F10O3S/c5-1(6,7)3(11,12)17-18(15,16)4(13,14)2(8,9)10. The summed E-state index contributed by atoms with van der Waals surface area (Å²) >= 11 is 0. The van der Waals surface area contributed by atoms with Crippen molar-refractivity contribution in [3.63, 3.8) is 0 Å². The highest BCUT2D eigenvalue weighted by molar-refractivity contribution is 7.87. The predicted octanol–water partition coefficient (Wildman–Crippen LogP) is 2.64. The Morgan fingerprint density at radius 2 is 1.00 bits per heavy atom. The predicted molar refractivity (Wildman–Crippen MR) is 32.0 cm³/mol. The maximum absolute atomic E-state index is 12.1. The molecule has 0 aliphatic heterocycles. The average molecular weight is 318 g/mol. The van der Waals surface area contributed by atoms with Gasteiger partial charge < -0.3 is 0 Å². The van der Waals surface area contributed by atoms with Crippen LogP contribution in [0.5, 0.6) is 0 Å². The van der Waals surface area contributed by atoms with Crippen LogP contribution in [0.3, 0.4) is 0 Å². The van der Waals surface area contributed by atoms with Crippen LogP contribution in [-0.2, 0) is 14.3 Å². The van der Waals surface area contributed by atoms with Gasteiger partial charge in [-0.1, -0.05) is 0 Å². The van der Waals surface area contributed by atoms with E-state index in [1.54, 1.807) is 4.18 Å². The summed E-state index contributed by atoms with van der Waals surface area (Å²) in [4.78, 5) is 0. The highest BCUT2D eigenvalue weighted by Gasteiger charge is 2.73. The van der Waals surface area contributed by atoms with E-state index in [1.807, 2.05) is 0 Å². The third-order valence-electron chi connectivity index (χ3n) is 1.19. The van der Waals surface area contributed by atoms with Crippen LogP contribution in [-0.4, -0.2) is 32.1 Å². The van der Waals surface area contributed by atoms with Crippen molar-refractivity contribution in [1.82, 2.24) is 0 Å². The molecule has 0 bridgehead atoms. The van der Waals surface area contributed by atoms with Gasteiger partial charge in [-0.15, -0.1) is 0 Å². The zero-order chi connectivity index (χ0) is 15.2. The molecule has 110 valence electrons. The summed E-state index contributed by atoms with van der Waals surface area (Å²) in [5.41, 5.74) is 0. The van der Waals surface area contributed by atoms with Gasteiger partial charge in [-0.05, 0) is 0 Å². The highest BCUT2D eigenvalue weighted by Crippen LogP contribution is 2.45. The summed E-state index contributed by atoms with van der Waals surface area (Å²) in [5.74, 6) is 0. The Kier molecular flexibility index (Phi) is 3.93. The van der Waals surface area contributed by atoms with Crippen LogP contribution in [0.4, 0.5) is 43.9 Å². The van der Waals surface area contributed by atoms with E-state index in [0.717, 1.165) is 0 Å². The molecule has 3 nitrogen and oxygen atoms in total. The monoisotopic (exact) mass is 318 g/mol. The van der Waals surface area contributed by atoms with Crippen LogP contribution < -0.4 is 0 Å². The summed E-state index contributed by atoms with van der Waals surface area (Å²) in [7, 11) is -7.59. The number of hydrogen-bond acceptors (Lipinski definition) is 3. The van der Waals surface area contributed by atoms with Crippen molar-refractivity contribution in [2.45, 2.75) is 23.7 Å². The highest BCUT2D eigenvalue weighted by atomic mass is 32.2. The molecule has 0 unspecified atom stereocenters. The number of halogens is 10. The molecule has 18 heavy (non-hydrogen) atoms. The van der Waals surface area contributed by atoms with Crippen LogP contribution in [0.15, 0.2) is 0 Å². The minimum Gasteiger partial charge on any atom is -0.192 e. The third kappa shape index (κ3) is 2.96. The summed E-state index contributed by atoms with van der Waals surface area (Å²) in [6.07, 6.45) is -20.4. The van der Waals surface area contributed by atoms with E-state index >= 15 is 0 Å². The van der Waals surface area contributed by atoms with Crippen molar-refractivity contribution in [1.29, 1.82) is 0 Å². The van der Waals surface area contributed by atoms with Gasteiger partial charge in [0.1, 0.15) is 0 Å². The average Bonchev–Trinajstić information content (AvgIpc) is 1.96. The summed E-state index contributed by atoms with van der Waals surface area (Å²) in [5, 5.41) is -6.92. The molecule has 0 saturated carbocycles. The molecular formula is C4F10O3S. The Morgan fingerprint density at radius 1 is 0.667 bits per heavy atom. The van der Waals surface area contributed by atoms with Crippen LogP contribution in [0.25, 0.3) is 0 Å². The van der Waals surface area contributed by atoms with Crippen molar-refractivity contribution in [3.8, 4) is 0 Å². The largest absolute Gasteiger partial charge is 0.484 e. The second-order valence-electron chi connectivity index (χ2n) is 2.57. The summed E-state index contributed by atoms with van der Waals surface area (Å²) in [6, 6.07) is 0. The molecule has 0 heterocycles. The zero-order valence-electron chi connectivity index (χ0n) is 7.41. The number of hydrogen-bond donors (Lipinski definition) is 0. The lowest BCUT2D eigenvalue weighted by molar-refractivity contribution is -0.362. The topological polar surface area (TPSA) is 43.4 Å². The van der Waals surface area contributed by atoms with Crippen LogP contribution in [0, 0.1) is 0 Å². The number of rotatable bonds is 3. The van der Waals surface area contributed by atoms with Gasteiger partial charge in [0.05, 0.1) is 0 Å². The summed E-state index contributed by atoms with van der Waals surface area (Å²) < 4.78 is 138. The van der Waals surface area contributed by atoms with Crippen LogP contribution in [0.1, 0.15) is 0 Å². The maximum atomic E-state index is 12.1. The molecule has 0 saturated heterocycles. The smallest absolute Gasteiger partial charge is 0.192 e. The molecule has 0 atom stereocenters. The Morgan fingerprint density at radius 3 is 1.22 bits per heavy atom. The fourth-order valence-electron chi connectivity index (χ4n) is 0.379. The molecule has 0 amide bonds. The Hall–Kier alpha value is -0.790. The van der Waals surface area contributed by atoms with E-state index in [9.17, 15) is 52.3 Å².